The molecular weight excluding hydrogens is 204 g/mol. The van der Waals surface area contributed by atoms with E-state index in [1.807, 2.05) is 26.8 Å². The maximum atomic E-state index is 11.7. The summed E-state index contributed by atoms with van der Waals surface area (Å²) in [6, 6.07) is 3.71. The number of rotatable bonds is 4. The molecule has 0 saturated heterocycles. The largest absolute Gasteiger partial charge is 0.462 e. The molecule has 0 aliphatic rings. The summed E-state index contributed by atoms with van der Waals surface area (Å²) >= 11 is 0. The number of aryl methyl sites for hydroxylation is 1. The van der Waals surface area contributed by atoms with Crippen LogP contribution in [-0.2, 0) is 4.74 Å². The lowest BCUT2D eigenvalue weighted by Gasteiger charge is -2.10. The fourth-order valence-electron chi connectivity index (χ4n) is 1.48. The van der Waals surface area contributed by atoms with Gasteiger partial charge in [0.15, 0.2) is 0 Å². The van der Waals surface area contributed by atoms with Crippen molar-refractivity contribution >= 4 is 5.97 Å². The third-order valence-electron chi connectivity index (χ3n) is 2.81. The van der Waals surface area contributed by atoms with Crippen LogP contribution in [0.25, 0.3) is 0 Å². The first-order valence-electron chi connectivity index (χ1n) is 5.42. The van der Waals surface area contributed by atoms with Gasteiger partial charge in [0, 0.05) is 13.0 Å². The monoisotopic (exact) mass is 222 g/mol. The summed E-state index contributed by atoms with van der Waals surface area (Å²) in [5.74, 6) is -0.311. The lowest BCUT2D eigenvalue weighted by molar-refractivity contribution is 0.0481. The zero-order valence-corrected chi connectivity index (χ0v) is 10.0. The molecule has 0 amide bonds. The molecule has 0 radical (unpaired) electrons. The van der Waals surface area contributed by atoms with Crippen LogP contribution in [-0.4, -0.2) is 24.3 Å². The highest BCUT2D eigenvalue weighted by Crippen LogP contribution is 2.17. The Morgan fingerprint density at radius 1 is 1.25 bits per heavy atom. The number of hydrogen-bond acceptors (Lipinski definition) is 3. The SMILES string of the molecule is Cc1ccc(C(=O)OCCCO)c(C)c1C. The third-order valence-corrected chi connectivity index (χ3v) is 2.81. The zero-order chi connectivity index (χ0) is 12.1. The van der Waals surface area contributed by atoms with E-state index in [9.17, 15) is 4.79 Å². The van der Waals surface area contributed by atoms with Gasteiger partial charge in [0.1, 0.15) is 0 Å². The van der Waals surface area contributed by atoms with Gasteiger partial charge in [-0.2, -0.15) is 0 Å². The molecule has 1 aromatic carbocycles. The van der Waals surface area contributed by atoms with Crippen LogP contribution in [0.5, 0.6) is 0 Å². The Labute approximate surface area is 96.1 Å². The van der Waals surface area contributed by atoms with E-state index in [4.69, 9.17) is 9.84 Å². The summed E-state index contributed by atoms with van der Waals surface area (Å²) < 4.78 is 5.05. The van der Waals surface area contributed by atoms with Crippen LogP contribution in [0.4, 0.5) is 0 Å². The first-order chi connectivity index (χ1) is 7.57. The van der Waals surface area contributed by atoms with Gasteiger partial charge in [0.05, 0.1) is 12.2 Å². The van der Waals surface area contributed by atoms with Crippen molar-refractivity contribution in [3.05, 3.63) is 34.4 Å². The first kappa shape index (κ1) is 12.7. The number of aliphatic hydroxyl groups is 1. The first-order valence-corrected chi connectivity index (χ1v) is 5.42. The van der Waals surface area contributed by atoms with Gasteiger partial charge in [-0.1, -0.05) is 6.07 Å². The second-order valence-electron chi connectivity index (χ2n) is 3.89. The molecule has 0 aliphatic carbocycles. The summed E-state index contributed by atoms with van der Waals surface area (Å²) in [5, 5.41) is 8.59. The van der Waals surface area contributed by atoms with E-state index >= 15 is 0 Å². The van der Waals surface area contributed by atoms with E-state index < -0.39 is 0 Å². The summed E-state index contributed by atoms with van der Waals surface area (Å²) in [7, 11) is 0. The standard InChI is InChI=1S/C13H18O3/c1-9-5-6-12(11(3)10(9)2)13(15)16-8-4-7-14/h5-6,14H,4,7-8H2,1-3H3. The number of aliphatic hydroxyl groups excluding tert-OH is 1. The number of hydrogen-bond donors (Lipinski definition) is 1. The van der Waals surface area contributed by atoms with Gasteiger partial charge in [-0.3, -0.25) is 0 Å². The minimum absolute atomic E-state index is 0.0409. The van der Waals surface area contributed by atoms with Crippen LogP contribution in [0.2, 0.25) is 0 Å². The van der Waals surface area contributed by atoms with Crippen molar-refractivity contribution < 1.29 is 14.6 Å². The Balaban J connectivity index is 2.80. The molecule has 0 saturated carbocycles. The van der Waals surface area contributed by atoms with Crippen LogP contribution >= 0.6 is 0 Å². The van der Waals surface area contributed by atoms with Gasteiger partial charge in [-0.15, -0.1) is 0 Å². The summed E-state index contributed by atoms with van der Waals surface area (Å²) in [4.78, 5) is 11.7. The van der Waals surface area contributed by atoms with Crippen LogP contribution in [0.1, 0.15) is 33.5 Å². The minimum atomic E-state index is -0.311. The van der Waals surface area contributed by atoms with E-state index in [1.54, 1.807) is 6.07 Å². The van der Waals surface area contributed by atoms with Crippen molar-refractivity contribution in [2.24, 2.45) is 0 Å². The molecule has 0 fully saturated rings. The number of benzene rings is 1. The molecule has 0 unspecified atom stereocenters. The second-order valence-corrected chi connectivity index (χ2v) is 3.89. The van der Waals surface area contributed by atoms with Crippen molar-refractivity contribution in [1.82, 2.24) is 0 Å². The number of carbonyl (C=O) groups is 1. The summed E-state index contributed by atoms with van der Waals surface area (Å²) in [6.07, 6.45) is 0.482. The van der Waals surface area contributed by atoms with E-state index in [2.05, 4.69) is 0 Å². The van der Waals surface area contributed by atoms with Crippen molar-refractivity contribution in [2.45, 2.75) is 27.2 Å². The summed E-state index contributed by atoms with van der Waals surface area (Å²) in [5.41, 5.74) is 3.87. The zero-order valence-electron chi connectivity index (χ0n) is 10.0. The molecule has 88 valence electrons. The predicted octanol–water partition coefficient (Wildman–Crippen LogP) is 2.15. The van der Waals surface area contributed by atoms with Crippen LogP contribution in [0, 0.1) is 20.8 Å². The van der Waals surface area contributed by atoms with Gasteiger partial charge < -0.3 is 9.84 Å². The molecule has 16 heavy (non-hydrogen) atoms. The topological polar surface area (TPSA) is 46.5 Å². The molecule has 0 atom stereocenters. The van der Waals surface area contributed by atoms with E-state index in [0.717, 1.165) is 11.1 Å². The van der Waals surface area contributed by atoms with Gasteiger partial charge in [0.25, 0.3) is 0 Å². The minimum Gasteiger partial charge on any atom is -0.462 e. The highest BCUT2D eigenvalue weighted by atomic mass is 16.5. The fourth-order valence-corrected chi connectivity index (χ4v) is 1.48. The predicted molar refractivity (Wildman–Crippen MR) is 62.6 cm³/mol. The Bertz CT molecular complexity index is 383. The molecule has 3 nitrogen and oxygen atoms in total. The van der Waals surface area contributed by atoms with E-state index in [0.29, 0.717) is 12.0 Å². The molecule has 0 aliphatic heterocycles. The number of esters is 1. The smallest absolute Gasteiger partial charge is 0.338 e. The van der Waals surface area contributed by atoms with Crippen LogP contribution < -0.4 is 0 Å². The molecule has 0 aromatic heterocycles. The molecule has 1 aromatic rings. The number of carbonyl (C=O) groups excluding carboxylic acids is 1. The maximum absolute atomic E-state index is 11.7. The fraction of sp³-hybridized carbons (Fsp3) is 0.462. The van der Waals surface area contributed by atoms with Crippen molar-refractivity contribution in [3.63, 3.8) is 0 Å². The van der Waals surface area contributed by atoms with E-state index in [1.165, 1.54) is 5.56 Å². The Kier molecular flexibility index (Phi) is 4.50. The van der Waals surface area contributed by atoms with Gasteiger partial charge in [-0.05, 0) is 43.5 Å². The van der Waals surface area contributed by atoms with Crippen molar-refractivity contribution in [2.75, 3.05) is 13.2 Å². The van der Waals surface area contributed by atoms with Gasteiger partial charge >= 0.3 is 5.97 Å². The van der Waals surface area contributed by atoms with Crippen molar-refractivity contribution in [3.8, 4) is 0 Å². The average molecular weight is 222 g/mol. The molecule has 0 bridgehead atoms. The Morgan fingerprint density at radius 3 is 2.56 bits per heavy atom. The van der Waals surface area contributed by atoms with Gasteiger partial charge in [0.2, 0.25) is 0 Å². The number of ether oxygens (including phenoxy) is 1. The maximum Gasteiger partial charge on any atom is 0.338 e. The Hall–Kier alpha value is -1.35. The molecule has 3 heteroatoms. The molecule has 1 N–H and O–H groups in total. The quantitative estimate of drug-likeness (QED) is 0.627. The molecule has 1 rings (SSSR count). The normalized spacial score (nSPS) is 10.2. The van der Waals surface area contributed by atoms with Crippen LogP contribution in [0.3, 0.4) is 0 Å². The highest BCUT2D eigenvalue weighted by molar-refractivity contribution is 5.91. The highest BCUT2D eigenvalue weighted by Gasteiger charge is 2.12. The lowest BCUT2D eigenvalue weighted by Crippen LogP contribution is -2.10. The summed E-state index contributed by atoms with van der Waals surface area (Å²) in [6.45, 7) is 6.24. The second kappa shape index (κ2) is 5.66. The molecular formula is C13H18O3. The molecule has 0 heterocycles. The van der Waals surface area contributed by atoms with Crippen molar-refractivity contribution in [1.29, 1.82) is 0 Å². The van der Waals surface area contributed by atoms with Gasteiger partial charge in [-0.25, -0.2) is 4.79 Å². The lowest BCUT2D eigenvalue weighted by atomic mass is 9.99. The Morgan fingerprint density at radius 2 is 1.94 bits per heavy atom. The van der Waals surface area contributed by atoms with Crippen LogP contribution in [0.15, 0.2) is 12.1 Å². The average Bonchev–Trinajstić information content (AvgIpc) is 2.26. The molecule has 0 spiro atoms. The van der Waals surface area contributed by atoms with E-state index in [-0.39, 0.29) is 19.2 Å². The third kappa shape index (κ3) is 2.83.